The van der Waals surface area contributed by atoms with Gasteiger partial charge in [0.25, 0.3) is 0 Å². The fourth-order valence-corrected chi connectivity index (χ4v) is 3.61. The van der Waals surface area contributed by atoms with Crippen LogP contribution in [0, 0.1) is 6.92 Å². The van der Waals surface area contributed by atoms with E-state index in [0.29, 0.717) is 5.69 Å². The maximum Gasteiger partial charge on any atom is 0.247 e. The van der Waals surface area contributed by atoms with Crippen molar-refractivity contribution in [2.45, 2.75) is 19.4 Å². The van der Waals surface area contributed by atoms with Crippen molar-refractivity contribution in [2.75, 3.05) is 5.32 Å². The molecule has 5 nitrogen and oxygen atoms in total. The number of benzene rings is 4. The Kier molecular flexibility index (Phi) is 6.58. The number of hydrogen-bond donors (Lipinski definition) is 3. The molecule has 0 heterocycles. The standard InChI is InChI=1S/C27H25N3O2/c1-19-14-16-23(17-15-19)28-27(32)26(21-9-3-2-4-10-21)30-29-25(31)18-22-12-7-11-20-8-5-6-13-24(20)22/h2-17,26,30H,18H2,1H3,(H,28,32)(H,29,31)/t26-/m0/s1. The van der Waals surface area contributed by atoms with Gasteiger partial charge in [0.2, 0.25) is 11.8 Å². The van der Waals surface area contributed by atoms with Gasteiger partial charge < -0.3 is 5.32 Å². The van der Waals surface area contributed by atoms with Gasteiger partial charge >= 0.3 is 0 Å². The first-order valence-electron chi connectivity index (χ1n) is 10.5. The molecule has 160 valence electrons. The largest absolute Gasteiger partial charge is 0.324 e. The third-order valence-corrected chi connectivity index (χ3v) is 5.30. The monoisotopic (exact) mass is 423 g/mol. The zero-order valence-electron chi connectivity index (χ0n) is 17.8. The molecule has 0 spiro atoms. The van der Waals surface area contributed by atoms with E-state index in [-0.39, 0.29) is 18.2 Å². The van der Waals surface area contributed by atoms with Crippen LogP contribution in [0.4, 0.5) is 5.69 Å². The molecule has 1 atom stereocenters. The van der Waals surface area contributed by atoms with E-state index >= 15 is 0 Å². The molecule has 0 unspecified atom stereocenters. The Morgan fingerprint density at radius 2 is 1.47 bits per heavy atom. The van der Waals surface area contributed by atoms with Crippen LogP contribution in [-0.4, -0.2) is 11.8 Å². The highest BCUT2D eigenvalue weighted by Crippen LogP contribution is 2.19. The molecule has 0 aliphatic heterocycles. The summed E-state index contributed by atoms with van der Waals surface area (Å²) >= 11 is 0. The number of aryl methyl sites for hydroxylation is 1. The molecule has 32 heavy (non-hydrogen) atoms. The molecular formula is C27H25N3O2. The number of anilines is 1. The molecule has 4 aromatic rings. The predicted octanol–water partition coefficient (Wildman–Crippen LogP) is 4.69. The van der Waals surface area contributed by atoms with E-state index in [1.807, 2.05) is 104 Å². The van der Waals surface area contributed by atoms with Crippen LogP contribution in [-0.2, 0) is 16.0 Å². The third kappa shape index (κ3) is 5.20. The average molecular weight is 424 g/mol. The van der Waals surface area contributed by atoms with Crippen LogP contribution < -0.4 is 16.2 Å². The lowest BCUT2D eigenvalue weighted by atomic mass is 10.0. The van der Waals surface area contributed by atoms with Gasteiger partial charge in [-0.05, 0) is 41.0 Å². The van der Waals surface area contributed by atoms with Crippen molar-refractivity contribution < 1.29 is 9.59 Å². The smallest absolute Gasteiger partial charge is 0.247 e. The summed E-state index contributed by atoms with van der Waals surface area (Å²) in [6, 6.07) is 30.0. The lowest BCUT2D eigenvalue weighted by Gasteiger charge is -2.20. The second-order valence-corrected chi connectivity index (χ2v) is 7.71. The molecule has 0 saturated heterocycles. The molecule has 0 saturated carbocycles. The topological polar surface area (TPSA) is 70.2 Å². The van der Waals surface area contributed by atoms with Crippen LogP contribution in [0.25, 0.3) is 10.8 Å². The molecule has 0 bridgehead atoms. The average Bonchev–Trinajstić information content (AvgIpc) is 2.82. The Morgan fingerprint density at radius 1 is 0.781 bits per heavy atom. The van der Waals surface area contributed by atoms with Gasteiger partial charge in [-0.25, -0.2) is 5.43 Å². The van der Waals surface area contributed by atoms with Gasteiger partial charge in [0, 0.05) is 5.69 Å². The number of carbonyl (C=O) groups is 2. The third-order valence-electron chi connectivity index (χ3n) is 5.30. The normalized spacial score (nSPS) is 11.7. The van der Waals surface area contributed by atoms with Crippen molar-refractivity contribution >= 4 is 28.3 Å². The predicted molar refractivity (Wildman–Crippen MR) is 128 cm³/mol. The van der Waals surface area contributed by atoms with Crippen LogP contribution in [0.3, 0.4) is 0 Å². The Balaban J connectivity index is 1.46. The second kappa shape index (κ2) is 9.90. The summed E-state index contributed by atoms with van der Waals surface area (Å²) in [5, 5.41) is 5.04. The molecule has 4 rings (SSSR count). The van der Waals surface area contributed by atoms with Gasteiger partial charge in [0.05, 0.1) is 6.42 Å². The van der Waals surface area contributed by atoms with Crippen LogP contribution in [0.5, 0.6) is 0 Å². The lowest BCUT2D eigenvalue weighted by Crippen LogP contribution is -2.45. The molecular weight excluding hydrogens is 398 g/mol. The maximum atomic E-state index is 13.0. The molecule has 0 aliphatic carbocycles. The summed E-state index contributed by atoms with van der Waals surface area (Å²) in [7, 11) is 0. The van der Waals surface area contributed by atoms with Crippen LogP contribution in [0.15, 0.2) is 97.1 Å². The molecule has 3 N–H and O–H groups in total. The first kappa shape index (κ1) is 21.3. The first-order valence-corrected chi connectivity index (χ1v) is 10.5. The van der Waals surface area contributed by atoms with E-state index in [2.05, 4.69) is 16.2 Å². The SMILES string of the molecule is Cc1ccc(NC(=O)[C@@H](NNC(=O)Cc2cccc3ccccc23)c2ccccc2)cc1. The molecule has 0 fully saturated rings. The fraction of sp³-hybridized carbons (Fsp3) is 0.111. The van der Waals surface area contributed by atoms with Crippen molar-refractivity contribution in [3.63, 3.8) is 0 Å². The fourth-order valence-electron chi connectivity index (χ4n) is 3.61. The zero-order chi connectivity index (χ0) is 22.3. The molecule has 0 radical (unpaired) electrons. The Labute approximate surface area is 187 Å². The number of carbonyl (C=O) groups excluding carboxylic acids is 2. The molecule has 4 aromatic carbocycles. The lowest BCUT2D eigenvalue weighted by molar-refractivity contribution is -0.123. The van der Waals surface area contributed by atoms with Gasteiger partial charge in [0.15, 0.2) is 0 Å². The van der Waals surface area contributed by atoms with Gasteiger partial charge in [-0.15, -0.1) is 0 Å². The van der Waals surface area contributed by atoms with E-state index in [0.717, 1.165) is 27.5 Å². The summed E-state index contributed by atoms with van der Waals surface area (Å²) in [6.07, 6.45) is 0.204. The Bertz CT molecular complexity index is 1220. The first-order chi connectivity index (χ1) is 15.6. The van der Waals surface area contributed by atoms with E-state index in [1.165, 1.54) is 0 Å². The Morgan fingerprint density at radius 3 is 2.25 bits per heavy atom. The van der Waals surface area contributed by atoms with E-state index in [9.17, 15) is 9.59 Å². The van der Waals surface area contributed by atoms with Crippen molar-refractivity contribution in [3.8, 4) is 0 Å². The highest BCUT2D eigenvalue weighted by atomic mass is 16.2. The number of hydrazine groups is 1. The van der Waals surface area contributed by atoms with Crippen molar-refractivity contribution in [2.24, 2.45) is 0 Å². The van der Waals surface area contributed by atoms with Crippen molar-refractivity contribution in [1.29, 1.82) is 0 Å². The zero-order valence-corrected chi connectivity index (χ0v) is 17.8. The molecule has 0 aliphatic rings. The Hall–Kier alpha value is -3.96. The van der Waals surface area contributed by atoms with Crippen molar-refractivity contribution in [3.05, 3.63) is 114 Å². The molecule has 0 aromatic heterocycles. The highest BCUT2D eigenvalue weighted by molar-refractivity contribution is 5.96. The minimum atomic E-state index is -0.742. The van der Waals surface area contributed by atoms with Crippen molar-refractivity contribution in [1.82, 2.24) is 10.9 Å². The van der Waals surface area contributed by atoms with Crippen LogP contribution in [0.2, 0.25) is 0 Å². The number of amides is 2. The number of hydrogen-bond acceptors (Lipinski definition) is 3. The summed E-state index contributed by atoms with van der Waals surface area (Å²) in [4.78, 5) is 25.7. The van der Waals surface area contributed by atoms with Crippen LogP contribution in [0.1, 0.15) is 22.7 Å². The number of rotatable bonds is 7. The summed E-state index contributed by atoms with van der Waals surface area (Å²) < 4.78 is 0. The van der Waals surface area contributed by atoms with Gasteiger partial charge in [-0.3, -0.25) is 15.0 Å². The van der Waals surface area contributed by atoms with E-state index in [1.54, 1.807) is 0 Å². The summed E-state index contributed by atoms with van der Waals surface area (Å²) in [5.41, 5.74) is 9.14. The minimum Gasteiger partial charge on any atom is -0.324 e. The van der Waals surface area contributed by atoms with Gasteiger partial charge in [0.1, 0.15) is 6.04 Å². The van der Waals surface area contributed by atoms with Gasteiger partial charge in [-0.2, -0.15) is 0 Å². The van der Waals surface area contributed by atoms with E-state index < -0.39 is 6.04 Å². The minimum absolute atomic E-state index is 0.204. The van der Waals surface area contributed by atoms with Crippen LogP contribution >= 0.6 is 0 Å². The van der Waals surface area contributed by atoms with E-state index in [4.69, 9.17) is 0 Å². The highest BCUT2D eigenvalue weighted by Gasteiger charge is 2.21. The summed E-state index contributed by atoms with van der Waals surface area (Å²) in [5.74, 6) is -0.476. The molecule has 2 amide bonds. The quantitative estimate of drug-likeness (QED) is 0.378. The maximum absolute atomic E-state index is 13.0. The number of fused-ring (bicyclic) bond motifs is 1. The summed E-state index contributed by atoms with van der Waals surface area (Å²) in [6.45, 7) is 1.99. The molecule has 5 heteroatoms. The second-order valence-electron chi connectivity index (χ2n) is 7.71. The number of nitrogens with one attached hydrogen (secondary N) is 3. The van der Waals surface area contributed by atoms with Gasteiger partial charge in [-0.1, -0.05) is 90.5 Å².